The summed E-state index contributed by atoms with van der Waals surface area (Å²) in [4.78, 5) is 0. The maximum absolute atomic E-state index is 6.29. The molecule has 0 N–H and O–H groups in total. The van der Waals surface area contributed by atoms with E-state index >= 15 is 0 Å². The average Bonchev–Trinajstić information content (AvgIpc) is 2.60. The van der Waals surface area contributed by atoms with E-state index in [1.54, 1.807) is 0 Å². The summed E-state index contributed by atoms with van der Waals surface area (Å²) in [5.74, 6) is 1.91. The zero-order chi connectivity index (χ0) is 11.7. The molecular weight excluding hydrogens is 216 g/mol. The molecule has 3 unspecified atom stereocenters. The maximum Gasteiger partial charge on any atom is 0.0367 e. The van der Waals surface area contributed by atoms with Crippen LogP contribution in [0.25, 0.3) is 0 Å². The van der Waals surface area contributed by atoms with Crippen molar-refractivity contribution in [1.82, 2.24) is 0 Å². The molecule has 88 valence electrons. The van der Waals surface area contributed by atoms with Crippen LogP contribution in [0.4, 0.5) is 0 Å². The number of rotatable bonds is 2. The number of alkyl halides is 1. The number of benzene rings is 1. The van der Waals surface area contributed by atoms with Crippen molar-refractivity contribution in [3.8, 4) is 0 Å². The Labute approximate surface area is 104 Å². The predicted octanol–water partition coefficient (Wildman–Crippen LogP) is 4.93. The standard InChI is InChI=1S/C15H21Cl/c1-10(2)12-4-6-13(7-5-12)14-8-9-15(16)11(14)3/h4-7,10-11,14-15H,8-9H2,1-3H3. The Morgan fingerprint density at radius 2 is 1.75 bits per heavy atom. The van der Waals surface area contributed by atoms with Crippen LogP contribution >= 0.6 is 11.6 Å². The Morgan fingerprint density at radius 3 is 2.19 bits per heavy atom. The van der Waals surface area contributed by atoms with Gasteiger partial charge in [-0.3, -0.25) is 0 Å². The Hall–Kier alpha value is -0.490. The first-order valence-electron chi connectivity index (χ1n) is 6.33. The van der Waals surface area contributed by atoms with E-state index in [2.05, 4.69) is 45.0 Å². The van der Waals surface area contributed by atoms with Crippen LogP contribution in [0.1, 0.15) is 56.6 Å². The van der Waals surface area contributed by atoms with Gasteiger partial charge in [-0.1, -0.05) is 45.0 Å². The fourth-order valence-corrected chi connectivity index (χ4v) is 3.02. The summed E-state index contributed by atoms with van der Waals surface area (Å²) in [6.07, 6.45) is 2.41. The van der Waals surface area contributed by atoms with Crippen LogP contribution in [0.2, 0.25) is 0 Å². The molecule has 1 aliphatic rings. The summed E-state index contributed by atoms with van der Waals surface area (Å²) < 4.78 is 0. The molecule has 1 heteroatoms. The molecule has 0 aliphatic heterocycles. The Morgan fingerprint density at radius 1 is 1.12 bits per heavy atom. The average molecular weight is 237 g/mol. The van der Waals surface area contributed by atoms with Crippen LogP contribution in [0.5, 0.6) is 0 Å². The lowest BCUT2D eigenvalue weighted by atomic mass is 9.89. The molecule has 16 heavy (non-hydrogen) atoms. The van der Waals surface area contributed by atoms with Crippen LogP contribution < -0.4 is 0 Å². The van der Waals surface area contributed by atoms with Gasteiger partial charge in [0.25, 0.3) is 0 Å². The number of hydrogen-bond donors (Lipinski definition) is 0. The van der Waals surface area contributed by atoms with Gasteiger partial charge in [0, 0.05) is 5.38 Å². The monoisotopic (exact) mass is 236 g/mol. The zero-order valence-corrected chi connectivity index (χ0v) is 11.2. The minimum atomic E-state index is 0.370. The molecule has 1 saturated carbocycles. The van der Waals surface area contributed by atoms with Crippen LogP contribution in [-0.4, -0.2) is 5.38 Å². The largest absolute Gasteiger partial charge is 0.123 e. The fraction of sp³-hybridized carbons (Fsp3) is 0.600. The van der Waals surface area contributed by atoms with E-state index in [0.29, 0.717) is 23.1 Å². The highest BCUT2D eigenvalue weighted by atomic mass is 35.5. The smallest absolute Gasteiger partial charge is 0.0367 e. The first-order chi connectivity index (χ1) is 7.59. The topological polar surface area (TPSA) is 0 Å². The highest BCUT2D eigenvalue weighted by Crippen LogP contribution is 2.42. The van der Waals surface area contributed by atoms with Gasteiger partial charge in [-0.25, -0.2) is 0 Å². The van der Waals surface area contributed by atoms with E-state index in [9.17, 15) is 0 Å². The van der Waals surface area contributed by atoms with Gasteiger partial charge in [-0.05, 0) is 41.7 Å². The molecule has 0 nitrogen and oxygen atoms in total. The summed E-state index contributed by atoms with van der Waals surface area (Å²) in [5, 5.41) is 0.370. The minimum absolute atomic E-state index is 0.370. The molecule has 0 heterocycles. The highest BCUT2D eigenvalue weighted by molar-refractivity contribution is 6.21. The van der Waals surface area contributed by atoms with Crippen LogP contribution in [0.3, 0.4) is 0 Å². The summed E-state index contributed by atoms with van der Waals surface area (Å²) >= 11 is 6.29. The predicted molar refractivity (Wildman–Crippen MR) is 71.3 cm³/mol. The van der Waals surface area contributed by atoms with Crippen molar-refractivity contribution >= 4 is 11.6 Å². The van der Waals surface area contributed by atoms with Crippen molar-refractivity contribution in [2.24, 2.45) is 5.92 Å². The van der Waals surface area contributed by atoms with Crippen molar-refractivity contribution in [3.63, 3.8) is 0 Å². The lowest BCUT2D eigenvalue weighted by molar-refractivity contribution is 0.537. The van der Waals surface area contributed by atoms with Gasteiger partial charge in [-0.15, -0.1) is 11.6 Å². The van der Waals surface area contributed by atoms with Gasteiger partial charge in [0.15, 0.2) is 0 Å². The number of halogens is 1. The molecule has 1 aromatic rings. The Balaban J connectivity index is 2.16. The molecule has 0 saturated heterocycles. The van der Waals surface area contributed by atoms with Crippen LogP contribution in [0, 0.1) is 5.92 Å². The molecule has 2 rings (SSSR count). The van der Waals surface area contributed by atoms with E-state index in [1.165, 1.54) is 24.0 Å². The van der Waals surface area contributed by atoms with Crippen molar-refractivity contribution in [2.45, 2.75) is 50.8 Å². The summed E-state index contributed by atoms with van der Waals surface area (Å²) in [6, 6.07) is 9.14. The SMILES string of the molecule is CC(C)c1ccc(C2CCC(Cl)C2C)cc1. The van der Waals surface area contributed by atoms with Gasteiger partial charge >= 0.3 is 0 Å². The van der Waals surface area contributed by atoms with E-state index in [0.717, 1.165) is 0 Å². The van der Waals surface area contributed by atoms with E-state index in [1.807, 2.05) is 0 Å². The number of hydrogen-bond acceptors (Lipinski definition) is 0. The molecular formula is C15H21Cl. The van der Waals surface area contributed by atoms with E-state index in [-0.39, 0.29) is 0 Å². The van der Waals surface area contributed by atoms with E-state index in [4.69, 9.17) is 11.6 Å². The normalized spacial score (nSPS) is 29.9. The van der Waals surface area contributed by atoms with E-state index < -0.39 is 0 Å². The third-order valence-electron chi connectivity index (χ3n) is 3.99. The third kappa shape index (κ3) is 2.27. The zero-order valence-electron chi connectivity index (χ0n) is 10.4. The summed E-state index contributed by atoms with van der Waals surface area (Å²) in [6.45, 7) is 6.76. The first-order valence-corrected chi connectivity index (χ1v) is 6.77. The van der Waals surface area contributed by atoms with Crippen LogP contribution in [-0.2, 0) is 0 Å². The van der Waals surface area contributed by atoms with Gasteiger partial charge in [0.05, 0.1) is 0 Å². The molecule has 0 amide bonds. The molecule has 0 aromatic heterocycles. The lowest BCUT2D eigenvalue weighted by Gasteiger charge is -2.18. The molecule has 1 aromatic carbocycles. The fourth-order valence-electron chi connectivity index (χ4n) is 2.71. The summed E-state index contributed by atoms with van der Waals surface area (Å²) in [5.41, 5.74) is 2.90. The van der Waals surface area contributed by atoms with Crippen molar-refractivity contribution in [2.75, 3.05) is 0 Å². The molecule has 3 atom stereocenters. The van der Waals surface area contributed by atoms with Crippen LogP contribution in [0.15, 0.2) is 24.3 Å². The van der Waals surface area contributed by atoms with Crippen molar-refractivity contribution in [1.29, 1.82) is 0 Å². The second kappa shape index (κ2) is 4.79. The Bertz CT molecular complexity index is 339. The van der Waals surface area contributed by atoms with Crippen molar-refractivity contribution in [3.05, 3.63) is 35.4 Å². The molecule has 0 spiro atoms. The second-order valence-electron chi connectivity index (χ2n) is 5.38. The van der Waals surface area contributed by atoms with Gasteiger partial charge in [-0.2, -0.15) is 0 Å². The second-order valence-corrected chi connectivity index (χ2v) is 5.94. The van der Waals surface area contributed by atoms with Gasteiger partial charge in [0.1, 0.15) is 0 Å². The minimum Gasteiger partial charge on any atom is -0.123 e. The lowest BCUT2D eigenvalue weighted by Crippen LogP contribution is -2.09. The Kier molecular flexibility index (Phi) is 3.59. The third-order valence-corrected chi connectivity index (χ3v) is 4.61. The van der Waals surface area contributed by atoms with Gasteiger partial charge in [0.2, 0.25) is 0 Å². The first kappa shape index (κ1) is 12.0. The molecule has 0 bridgehead atoms. The highest BCUT2D eigenvalue weighted by Gasteiger charge is 2.32. The quantitative estimate of drug-likeness (QED) is 0.639. The summed E-state index contributed by atoms with van der Waals surface area (Å²) in [7, 11) is 0. The molecule has 1 fully saturated rings. The molecule has 1 aliphatic carbocycles. The maximum atomic E-state index is 6.29. The van der Waals surface area contributed by atoms with Crippen molar-refractivity contribution < 1.29 is 0 Å². The molecule has 0 radical (unpaired) electrons. The van der Waals surface area contributed by atoms with Gasteiger partial charge < -0.3 is 0 Å².